The van der Waals surface area contributed by atoms with Gasteiger partial charge in [0.1, 0.15) is 17.2 Å². The average molecular weight is 326 g/mol. The van der Waals surface area contributed by atoms with E-state index in [1.165, 1.54) is 53.3 Å². The number of carboxylic acid groups (broad SMARTS) is 1. The predicted octanol–water partition coefficient (Wildman–Crippen LogP) is 2.36. The lowest BCUT2D eigenvalue weighted by atomic mass is 10.2. The zero-order valence-corrected chi connectivity index (χ0v) is 12.2. The maximum atomic E-state index is 12.9. The number of hydrogen-bond donors (Lipinski definition) is 2. The van der Waals surface area contributed by atoms with Crippen LogP contribution >= 0.6 is 0 Å². The number of halogens is 1. The van der Waals surface area contributed by atoms with Crippen LogP contribution in [0.25, 0.3) is 5.69 Å². The second kappa shape index (κ2) is 6.29. The van der Waals surface area contributed by atoms with Crippen molar-refractivity contribution < 1.29 is 19.1 Å². The minimum atomic E-state index is -1.20. The zero-order valence-electron chi connectivity index (χ0n) is 12.2. The molecule has 1 aromatic carbocycles. The molecule has 0 spiro atoms. The van der Waals surface area contributed by atoms with Crippen molar-refractivity contribution >= 4 is 17.7 Å². The van der Waals surface area contributed by atoms with Crippen molar-refractivity contribution in [2.45, 2.75) is 0 Å². The van der Waals surface area contributed by atoms with Crippen LogP contribution in [-0.2, 0) is 0 Å². The minimum absolute atomic E-state index is 0.0636. The van der Waals surface area contributed by atoms with Crippen molar-refractivity contribution in [2.24, 2.45) is 0 Å². The Labute approximate surface area is 135 Å². The number of aromatic carboxylic acids is 1. The number of carbonyl (C=O) groups excluding carboxylic acids is 1. The van der Waals surface area contributed by atoms with E-state index in [2.05, 4.69) is 15.4 Å². The summed E-state index contributed by atoms with van der Waals surface area (Å²) in [6, 6.07) is 9.86. The van der Waals surface area contributed by atoms with Gasteiger partial charge in [0.25, 0.3) is 5.91 Å². The molecule has 0 aliphatic heterocycles. The van der Waals surface area contributed by atoms with Gasteiger partial charge in [-0.3, -0.25) is 4.79 Å². The number of anilines is 1. The van der Waals surface area contributed by atoms with Crippen LogP contribution in [0.1, 0.15) is 20.8 Å². The van der Waals surface area contributed by atoms with Crippen LogP contribution in [0.15, 0.2) is 54.9 Å². The van der Waals surface area contributed by atoms with E-state index in [0.29, 0.717) is 5.69 Å². The highest BCUT2D eigenvalue weighted by atomic mass is 19.1. The number of rotatable bonds is 4. The molecule has 120 valence electrons. The van der Waals surface area contributed by atoms with E-state index in [-0.39, 0.29) is 22.9 Å². The standard InChI is InChI=1S/C16H11FN4O3/c17-10-3-5-11(6-4-10)21-9-7-13(20-21)15(22)19-14-12(16(23)24)2-1-8-18-14/h1-9H,(H,23,24)(H,18,19,22). The SMILES string of the molecule is O=C(Nc1ncccc1C(=O)O)c1ccn(-c2ccc(F)cc2)n1. The molecule has 0 aliphatic carbocycles. The number of carboxylic acids is 1. The van der Waals surface area contributed by atoms with Crippen LogP contribution < -0.4 is 5.32 Å². The molecule has 0 atom stereocenters. The van der Waals surface area contributed by atoms with Crippen molar-refractivity contribution in [3.05, 3.63) is 71.9 Å². The number of aromatic nitrogens is 3. The Morgan fingerprint density at radius 3 is 2.58 bits per heavy atom. The van der Waals surface area contributed by atoms with Crippen molar-refractivity contribution in [3.63, 3.8) is 0 Å². The Bertz CT molecular complexity index is 906. The van der Waals surface area contributed by atoms with Gasteiger partial charge in [0, 0.05) is 12.4 Å². The summed E-state index contributed by atoms with van der Waals surface area (Å²) in [5.41, 5.74) is 0.532. The quantitative estimate of drug-likeness (QED) is 0.767. The fourth-order valence-electron chi connectivity index (χ4n) is 2.03. The monoisotopic (exact) mass is 326 g/mol. The van der Waals surface area contributed by atoms with Gasteiger partial charge in [-0.15, -0.1) is 0 Å². The van der Waals surface area contributed by atoms with Crippen LogP contribution in [0.4, 0.5) is 10.2 Å². The highest BCUT2D eigenvalue weighted by Gasteiger charge is 2.16. The zero-order chi connectivity index (χ0) is 17.1. The molecule has 8 heteroatoms. The maximum absolute atomic E-state index is 12.9. The van der Waals surface area contributed by atoms with Crippen LogP contribution in [-0.4, -0.2) is 31.7 Å². The van der Waals surface area contributed by atoms with Gasteiger partial charge in [-0.2, -0.15) is 5.10 Å². The number of nitrogens with zero attached hydrogens (tertiary/aromatic N) is 3. The molecule has 0 unspecified atom stereocenters. The Morgan fingerprint density at radius 2 is 1.88 bits per heavy atom. The first-order chi connectivity index (χ1) is 11.5. The van der Waals surface area contributed by atoms with E-state index < -0.39 is 11.9 Å². The number of benzene rings is 1. The molecule has 0 fully saturated rings. The Hall–Kier alpha value is -3.55. The summed E-state index contributed by atoms with van der Waals surface area (Å²) < 4.78 is 14.3. The number of carbonyl (C=O) groups is 2. The number of nitrogens with one attached hydrogen (secondary N) is 1. The van der Waals surface area contributed by atoms with Gasteiger partial charge in [-0.25, -0.2) is 18.9 Å². The first kappa shape index (κ1) is 15.3. The minimum Gasteiger partial charge on any atom is -0.478 e. The van der Waals surface area contributed by atoms with E-state index in [1.54, 1.807) is 6.20 Å². The van der Waals surface area contributed by atoms with Gasteiger partial charge < -0.3 is 10.4 Å². The Balaban J connectivity index is 1.82. The molecule has 2 N–H and O–H groups in total. The third-order valence-corrected chi connectivity index (χ3v) is 3.18. The molecule has 0 saturated carbocycles. The van der Waals surface area contributed by atoms with E-state index >= 15 is 0 Å². The normalized spacial score (nSPS) is 10.4. The van der Waals surface area contributed by atoms with E-state index in [9.17, 15) is 14.0 Å². The molecular weight excluding hydrogens is 315 g/mol. The van der Waals surface area contributed by atoms with Gasteiger partial charge in [0.15, 0.2) is 5.69 Å². The molecule has 3 rings (SSSR count). The largest absolute Gasteiger partial charge is 0.478 e. The van der Waals surface area contributed by atoms with Gasteiger partial charge in [-0.1, -0.05) is 0 Å². The summed E-state index contributed by atoms with van der Waals surface area (Å²) in [5, 5.41) is 15.6. The van der Waals surface area contributed by atoms with Crippen molar-refractivity contribution in [1.29, 1.82) is 0 Å². The van der Waals surface area contributed by atoms with Gasteiger partial charge in [0.2, 0.25) is 0 Å². The van der Waals surface area contributed by atoms with Crippen molar-refractivity contribution in [3.8, 4) is 5.69 Å². The van der Waals surface area contributed by atoms with Crippen LogP contribution in [0.3, 0.4) is 0 Å². The first-order valence-corrected chi connectivity index (χ1v) is 6.86. The van der Waals surface area contributed by atoms with Crippen LogP contribution in [0.2, 0.25) is 0 Å². The molecular formula is C16H11FN4O3. The van der Waals surface area contributed by atoms with Gasteiger partial charge in [-0.05, 0) is 42.5 Å². The van der Waals surface area contributed by atoms with E-state index in [4.69, 9.17) is 5.11 Å². The summed E-state index contributed by atoms with van der Waals surface area (Å²) in [6.07, 6.45) is 2.91. The third-order valence-electron chi connectivity index (χ3n) is 3.18. The fraction of sp³-hybridized carbons (Fsp3) is 0. The third kappa shape index (κ3) is 3.12. The molecule has 2 aromatic heterocycles. The lowest BCUT2D eigenvalue weighted by molar-refractivity contribution is 0.0697. The molecule has 2 heterocycles. The smallest absolute Gasteiger partial charge is 0.339 e. The molecule has 0 bridgehead atoms. The molecule has 3 aromatic rings. The fourth-order valence-corrected chi connectivity index (χ4v) is 2.03. The average Bonchev–Trinajstić information content (AvgIpc) is 3.06. The lowest BCUT2D eigenvalue weighted by Gasteiger charge is -2.05. The van der Waals surface area contributed by atoms with E-state index in [1.807, 2.05) is 0 Å². The Morgan fingerprint density at radius 1 is 1.12 bits per heavy atom. The Kier molecular flexibility index (Phi) is 4.02. The first-order valence-electron chi connectivity index (χ1n) is 6.86. The highest BCUT2D eigenvalue weighted by molar-refractivity contribution is 6.05. The summed E-state index contributed by atoms with van der Waals surface area (Å²) >= 11 is 0. The van der Waals surface area contributed by atoms with Gasteiger partial charge in [0.05, 0.1) is 5.69 Å². The van der Waals surface area contributed by atoms with Crippen molar-refractivity contribution in [2.75, 3.05) is 5.32 Å². The maximum Gasteiger partial charge on any atom is 0.339 e. The predicted molar refractivity (Wildman–Crippen MR) is 82.7 cm³/mol. The molecule has 7 nitrogen and oxygen atoms in total. The van der Waals surface area contributed by atoms with Crippen molar-refractivity contribution in [1.82, 2.24) is 14.8 Å². The lowest BCUT2D eigenvalue weighted by Crippen LogP contribution is -2.16. The topological polar surface area (TPSA) is 97.1 Å². The second-order valence-corrected chi connectivity index (χ2v) is 4.78. The van der Waals surface area contributed by atoms with Crippen LogP contribution in [0, 0.1) is 5.82 Å². The summed E-state index contributed by atoms with van der Waals surface area (Å²) in [5.74, 6) is -2.24. The summed E-state index contributed by atoms with van der Waals surface area (Å²) in [7, 11) is 0. The summed E-state index contributed by atoms with van der Waals surface area (Å²) in [4.78, 5) is 27.2. The molecule has 24 heavy (non-hydrogen) atoms. The molecule has 0 radical (unpaired) electrons. The molecule has 0 saturated heterocycles. The molecule has 0 aliphatic rings. The van der Waals surface area contributed by atoms with Crippen LogP contribution in [0.5, 0.6) is 0 Å². The second-order valence-electron chi connectivity index (χ2n) is 4.78. The van der Waals surface area contributed by atoms with E-state index in [0.717, 1.165) is 0 Å². The number of amides is 1. The number of hydrogen-bond acceptors (Lipinski definition) is 4. The molecule has 1 amide bonds. The van der Waals surface area contributed by atoms with Gasteiger partial charge >= 0.3 is 5.97 Å². The highest BCUT2D eigenvalue weighted by Crippen LogP contribution is 2.13. The number of pyridine rings is 1. The summed E-state index contributed by atoms with van der Waals surface area (Å²) in [6.45, 7) is 0.